The first-order valence-corrected chi connectivity index (χ1v) is 8.61. The van der Waals surface area contributed by atoms with Crippen LogP contribution in [0.5, 0.6) is 0 Å². The number of amides is 1. The monoisotopic (exact) mass is 321 g/mol. The van der Waals surface area contributed by atoms with E-state index in [2.05, 4.69) is 5.10 Å². The predicted molar refractivity (Wildman–Crippen MR) is 86.2 cm³/mol. The lowest BCUT2D eigenvalue weighted by Gasteiger charge is -2.48. The van der Waals surface area contributed by atoms with Gasteiger partial charge in [0, 0.05) is 26.8 Å². The van der Waals surface area contributed by atoms with Crippen molar-refractivity contribution in [2.45, 2.75) is 45.1 Å². The molecule has 3 heterocycles. The van der Waals surface area contributed by atoms with E-state index in [1.54, 1.807) is 4.68 Å². The van der Waals surface area contributed by atoms with Gasteiger partial charge in [0.25, 0.3) is 5.91 Å². The lowest BCUT2D eigenvalue weighted by Crippen LogP contribution is -2.54. The van der Waals surface area contributed by atoms with Crippen LogP contribution in [0.4, 0.5) is 0 Å². The molecule has 2 fully saturated rings. The molecule has 1 amide bonds. The SMILES string of the molecule is CCc1cc(C(=O)N2CC3(CCOCC3)CCC2CO)n(C)n1. The molecule has 0 radical (unpaired) electrons. The Morgan fingerprint density at radius 2 is 2.17 bits per heavy atom. The van der Waals surface area contributed by atoms with Crippen LogP contribution in [0.15, 0.2) is 6.07 Å². The van der Waals surface area contributed by atoms with Crippen molar-refractivity contribution in [2.24, 2.45) is 12.5 Å². The summed E-state index contributed by atoms with van der Waals surface area (Å²) >= 11 is 0. The summed E-state index contributed by atoms with van der Waals surface area (Å²) < 4.78 is 7.17. The van der Waals surface area contributed by atoms with Crippen LogP contribution >= 0.6 is 0 Å². The molecule has 128 valence electrons. The number of rotatable bonds is 3. The number of nitrogens with zero attached hydrogens (tertiary/aromatic N) is 3. The molecule has 2 aliphatic rings. The minimum atomic E-state index is -0.0871. The van der Waals surface area contributed by atoms with E-state index >= 15 is 0 Å². The highest BCUT2D eigenvalue weighted by Gasteiger charge is 2.42. The topological polar surface area (TPSA) is 67.6 Å². The third-order valence-electron chi connectivity index (χ3n) is 5.49. The highest BCUT2D eigenvalue weighted by atomic mass is 16.5. The summed E-state index contributed by atoms with van der Waals surface area (Å²) in [6.07, 6.45) is 4.74. The number of aliphatic hydroxyl groups excluding tert-OH is 1. The maximum atomic E-state index is 13.1. The molecule has 3 rings (SSSR count). The molecular weight excluding hydrogens is 294 g/mol. The first-order valence-electron chi connectivity index (χ1n) is 8.61. The zero-order chi connectivity index (χ0) is 16.4. The third-order valence-corrected chi connectivity index (χ3v) is 5.49. The van der Waals surface area contributed by atoms with Crippen LogP contribution in [0.1, 0.15) is 48.8 Å². The summed E-state index contributed by atoms with van der Waals surface area (Å²) in [5, 5.41) is 14.1. The molecule has 0 saturated carbocycles. The van der Waals surface area contributed by atoms with Gasteiger partial charge in [0.05, 0.1) is 18.3 Å². The van der Waals surface area contributed by atoms with Gasteiger partial charge >= 0.3 is 0 Å². The van der Waals surface area contributed by atoms with Crippen molar-refractivity contribution in [1.29, 1.82) is 0 Å². The molecular formula is C17H27N3O3. The van der Waals surface area contributed by atoms with Crippen molar-refractivity contribution in [3.63, 3.8) is 0 Å². The van der Waals surface area contributed by atoms with Gasteiger partial charge in [0.15, 0.2) is 0 Å². The molecule has 6 nitrogen and oxygen atoms in total. The second-order valence-corrected chi connectivity index (χ2v) is 6.92. The van der Waals surface area contributed by atoms with E-state index in [-0.39, 0.29) is 24.0 Å². The molecule has 1 N–H and O–H groups in total. The minimum Gasteiger partial charge on any atom is -0.394 e. The van der Waals surface area contributed by atoms with E-state index in [9.17, 15) is 9.90 Å². The molecule has 1 aromatic rings. The van der Waals surface area contributed by atoms with Crippen LogP contribution in [-0.4, -0.2) is 58.1 Å². The molecule has 1 aromatic heterocycles. The van der Waals surface area contributed by atoms with E-state index in [4.69, 9.17) is 4.74 Å². The number of aliphatic hydroxyl groups is 1. The Morgan fingerprint density at radius 3 is 2.78 bits per heavy atom. The molecule has 6 heteroatoms. The van der Waals surface area contributed by atoms with Gasteiger partial charge < -0.3 is 14.7 Å². The number of ether oxygens (including phenoxy) is 1. The largest absolute Gasteiger partial charge is 0.394 e. The summed E-state index contributed by atoms with van der Waals surface area (Å²) in [4.78, 5) is 14.9. The van der Waals surface area contributed by atoms with Crippen LogP contribution in [0.2, 0.25) is 0 Å². The Balaban J connectivity index is 1.84. The maximum Gasteiger partial charge on any atom is 0.272 e. The van der Waals surface area contributed by atoms with E-state index < -0.39 is 0 Å². The Kier molecular flexibility index (Phi) is 4.73. The van der Waals surface area contributed by atoms with E-state index in [1.807, 2.05) is 24.9 Å². The number of aryl methyl sites for hydroxylation is 2. The van der Waals surface area contributed by atoms with Crippen molar-refractivity contribution in [2.75, 3.05) is 26.4 Å². The molecule has 1 unspecified atom stereocenters. The molecule has 23 heavy (non-hydrogen) atoms. The molecule has 0 aromatic carbocycles. The van der Waals surface area contributed by atoms with Gasteiger partial charge in [-0.05, 0) is 43.6 Å². The number of carbonyl (C=O) groups excluding carboxylic acids is 1. The fourth-order valence-electron chi connectivity index (χ4n) is 3.88. The molecule has 0 bridgehead atoms. The first-order chi connectivity index (χ1) is 11.1. The van der Waals surface area contributed by atoms with E-state index in [0.29, 0.717) is 12.2 Å². The lowest BCUT2D eigenvalue weighted by atomic mass is 9.72. The van der Waals surface area contributed by atoms with Gasteiger partial charge in [-0.3, -0.25) is 9.48 Å². The van der Waals surface area contributed by atoms with Gasteiger partial charge in [-0.2, -0.15) is 5.10 Å². The quantitative estimate of drug-likeness (QED) is 0.913. The number of likely N-dealkylation sites (tertiary alicyclic amines) is 1. The molecule has 1 spiro atoms. The van der Waals surface area contributed by atoms with Gasteiger partial charge in [-0.1, -0.05) is 6.92 Å². The Labute approximate surface area is 137 Å². The summed E-state index contributed by atoms with van der Waals surface area (Å²) in [6, 6.07) is 1.79. The number of aromatic nitrogens is 2. The number of hydrogen-bond acceptors (Lipinski definition) is 4. The summed E-state index contributed by atoms with van der Waals surface area (Å²) in [7, 11) is 1.81. The van der Waals surface area contributed by atoms with Gasteiger partial charge in [0.2, 0.25) is 0 Å². The highest BCUT2D eigenvalue weighted by Crippen LogP contribution is 2.41. The highest BCUT2D eigenvalue weighted by molar-refractivity contribution is 5.93. The second kappa shape index (κ2) is 6.61. The molecule has 2 aliphatic heterocycles. The molecule has 0 aliphatic carbocycles. The predicted octanol–water partition coefficient (Wildman–Crippen LogP) is 1.38. The lowest BCUT2D eigenvalue weighted by molar-refractivity contribution is -0.0438. The Bertz CT molecular complexity index is 563. The fraction of sp³-hybridized carbons (Fsp3) is 0.765. The van der Waals surface area contributed by atoms with Crippen LogP contribution in [0, 0.1) is 5.41 Å². The Hall–Kier alpha value is -1.40. The van der Waals surface area contributed by atoms with Crippen LogP contribution in [0.3, 0.4) is 0 Å². The number of carbonyl (C=O) groups is 1. The van der Waals surface area contributed by atoms with Crippen molar-refractivity contribution in [3.05, 3.63) is 17.5 Å². The van der Waals surface area contributed by atoms with Crippen LogP contribution in [0.25, 0.3) is 0 Å². The van der Waals surface area contributed by atoms with Gasteiger partial charge in [-0.15, -0.1) is 0 Å². The van der Waals surface area contributed by atoms with E-state index in [1.165, 1.54) is 0 Å². The summed E-state index contributed by atoms with van der Waals surface area (Å²) in [6.45, 7) is 4.32. The maximum absolute atomic E-state index is 13.1. The first kappa shape index (κ1) is 16.5. The molecule has 1 atom stereocenters. The summed E-state index contributed by atoms with van der Waals surface area (Å²) in [5.41, 5.74) is 1.70. The normalized spacial score (nSPS) is 24.1. The second-order valence-electron chi connectivity index (χ2n) is 6.92. The van der Waals surface area contributed by atoms with E-state index in [0.717, 1.165) is 51.0 Å². The molecule has 2 saturated heterocycles. The van der Waals surface area contributed by atoms with Crippen molar-refractivity contribution < 1.29 is 14.6 Å². The number of piperidine rings is 1. The average molecular weight is 321 g/mol. The standard InChI is InChI=1S/C17H27N3O3/c1-3-13-10-15(19(2)18-13)16(22)20-12-17(5-4-14(20)11-21)6-8-23-9-7-17/h10,14,21H,3-9,11-12H2,1-2H3. The zero-order valence-electron chi connectivity index (χ0n) is 14.1. The summed E-state index contributed by atoms with van der Waals surface area (Å²) in [5.74, 6) is -0.00989. The van der Waals surface area contributed by atoms with Crippen molar-refractivity contribution in [1.82, 2.24) is 14.7 Å². The number of hydrogen-bond donors (Lipinski definition) is 1. The Morgan fingerprint density at radius 1 is 1.43 bits per heavy atom. The fourth-order valence-corrected chi connectivity index (χ4v) is 3.88. The zero-order valence-corrected chi connectivity index (χ0v) is 14.1. The van der Waals surface area contributed by atoms with Crippen LogP contribution < -0.4 is 0 Å². The smallest absolute Gasteiger partial charge is 0.272 e. The van der Waals surface area contributed by atoms with Crippen LogP contribution in [-0.2, 0) is 18.2 Å². The van der Waals surface area contributed by atoms with Crippen molar-refractivity contribution in [3.8, 4) is 0 Å². The van der Waals surface area contributed by atoms with Gasteiger partial charge in [-0.25, -0.2) is 0 Å². The van der Waals surface area contributed by atoms with Crippen molar-refractivity contribution >= 4 is 5.91 Å². The third kappa shape index (κ3) is 3.15. The van der Waals surface area contributed by atoms with Gasteiger partial charge in [0.1, 0.15) is 5.69 Å². The average Bonchev–Trinajstić information content (AvgIpc) is 2.96. The minimum absolute atomic E-state index is 0.00989.